The molecule has 3 rings (SSSR count). The van der Waals surface area contributed by atoms with Crippen LogP contribution in [0, 0.1) is 0 Å². The summed E-state index contributed by atoms with van der Waals surface area (Å²) >= 11 is 0. The molecule has 0 radical (unpaired) electrons. The van der Waals surface area contributed by atoms with Crippen LogP contribution >= 0.6 is 0 Å². The number of rotatable bonds is 6. The van der Waals surface area contributed by atoms with Crippen LogP contribution in [-0.2, 0) is 11.3 Å². The number of imide groups is 1. The number of nitrogens with zero attached hydrogens (tertiary/aromatic N) is 2. The number of benzene rings is 1. The lowest BCUT2D eigenvalue weighted by atomic mass is 9.90. The number of aliphatic hydroxyl groups is 1. The van der Waals surface area contributed by atoms with Crippen molar-refractivity contribution in [2.45, 2.75) is 56.7 Å². The molecule has 142 valence electrons. The molecule has 1 aliphatic heterocycles. The van der Waals surface area contributed by atoms with Crippen molar-refractivity contribution < 1.29 is 14.7 Å². The summed E-state index contributed by atoms with van der Waals surface area (Å²) in [7, 11) is 1.93. The Labute approximate surface area is 155 Å². The van der Waals surface area contributed by atoms with Crippen molar-refractivity contribution in [3.8, 4) is 0 Å². The van der Waals surface area contributed by atoms with Crippen molar-refractivity contribution in [3.05, 3.63) is 35.9 Å². The molecule has 1 aromatic rings. The van der Waals surface area contributed by atoms with Crippen molar-refractivity contribution >= 4 is 11.9 Å². The summed E-state index contributed by atoms with van der Waals surface area (Å²) < 4.78 is 0. The van der Waals surface area contributed by atoms with Gasteiger partial charge in [-0.1, -0.05) is 56.0 Å². The van der Waals surface area contributed by atoms with Crippen molar-refractivity contribution in [3.63, 3.8) is 0 Å². The molecular weight excluding hydrogens is 330 g/mol. The largest absolute Gasteiger partial charge is 0.390 e. The van der Waals surface area contributed by atoms with Crippen LogP contribution in [-0.4, -0.2) is 58.6 Å². The molecule has 1 aromatic carbocycles. The van der Waals surface area contributed by atoms with Gasteiger partial charge in [0.05, 0.1) is 12.6 Å². The van der Waals surface area contributed by atoms with Gasteiger partial charge in [0, 0.05) is 13.1 Å². The van der Waals surface area contributed by atoms with E-state index in [2.05, 4.69) is 5.32 Å². The van der Waals surface area contributed by atoms with E-state index in [-0.39, 0.29) is 18.5 Å². The van der Waals surface area contributed by atoms with Gasteiger partial charge in [-0.15, -0.1) is 0 Å². The van der Waals surface area contributed by atoms with Crippen molar-refractivity contribution in [1.82, 2.24) is 15.1 Å². The van der Waals surface area contributed by atoms with E-state index >= 15 is 0 Å². The van der Waals surface area contributed by atoms with Gasteiger partial charge in [-0.3, -0.25) is 14.6 Å². The average molecular weight is 359 g/mol. The molecule has 2 N–H and O–H groups in total. The topological polar surface area (TPSA) is 72.9 Å². The number of carbonyl (C=O) groups excluding carboxylic acids is 2. The van der Waals surface area contributed by atoms with E-state index in [1.165, 1.54) is 4.90 Å². The Morgan fingerprint density at radius 1 is 1.15 bits per heavy atom. The molecule has 2 fully saturated rings. The number of carbonyl (C=O) groups is 2. The minimum absolute atomic E-state index is 0.0472. The molecule has 1 saturated carbocycles. The molecule has 1 saturated heterocycles. The molecule has 6 nitrogen and oxygen atoms in total. The molecule has 6 heteroatoms. The van der Waals surface area contributed by atoms with Gasteiger partial charge in [-0.25, -0.2) is 4.79 Å². The van der Waals surface area contributed by atoms with Crippen LogP contribution in [0.25, 0.3) is 0 Å². The maximum atomic E-state index is 12.9. The number of hydrogen-bond donors (Lipinski definition) is 2. The molecule has 3 amide bonds. The first kappa shape index (κ1) is 18.9. The lowest BCUT2D eigenvalue weighted by Gasteiger charge is -2.26. The van der Waals surface area contributed by atoms with Gasteiger partial charge in [-0.05, 0) is 25.5 Å². The highest BCUT2D eigenvalue weighted by atomic mass is 16.3. The number of likely N-dealkylation sites (N-methyl/N-ethyl adjacent to an activating group) is 1. The number of nitrogens with one attached hydrogen (secondary N) is 1. The second-order valence-corrected chi connectivity index (χ2v) is 7.68. The van der Waals surface area contributed by atoms with Crippen LogP contribution in [0.15, 0.2) is 30.3 Å². The highest BCUT2D eigenvalue weighted by Crippen LogP contribution is 2.32. The zero-order valence-electron chi connectivity index (χ0n) is 15.5. The van der Waals surface area contributed by atoms with Crippen LogP contribution in [0.5, 0.6) is 0 Å². The number of aliphatic hydroxyl groups excluding tert-OH is 1. The summed E-state index contributed by atoms with van der Waals surface area (Å²) in [6, 6.07) is 9.66. The Bertz CT molecular complexity index is 626. The van der Waals surface area contributed by atoms with Gasteiger partial charge in [0.25, 0.3) is 5.91 Å². The molecule has 0 bridgehead atoms. The number of hydrogen-bond acceptors (Lipinski definition) is 4. The van der Waals surface area contributed by atoms with Gasteiger partial charge in [0.15, 0.2) is 0 Å². The van der Waals surface area contributed by atoms with Gasteiger partial charge in [0.2, 0.25) is 0 Å². The van der Waals surface area contributed by atoms with Crippen LogP contribution in [0.4, 0.5) is 4.79 Å². The molecule has 0 unspecified atom stereocenters. The lowest BCUT2D eigenvalue weighted by molar-refractivity contribution is -0.132. The Kier molecular flexibility index (Phi) is 5.94. The molecule has 1 atom stereocenters. The standard InChI is InChI=1S/C20H29N3O3/c1-22(13-16-9-5-4-6-10-16)14-17(24)15-23-18(25)20(21-19(23)26)11-7-2-3-8-12-20/h4-6,9-10,17,24H,2-3,7-8,11-15H2,1H3,(H,21,26)/t17-/m0/s1. The van der Waals surface area contributed by atoms with Crippen LogP contribution in [0.2, 0.25) is 0 Å². The van der Waals surface area contributed by atoms with Crippen LogP contribution in [0.1, 0.15) is 44.1 Å². The van der Waals surface area contributed by atoms with E-state index in [1.54, 1.807) is 0 Å². The summed E-state index contributed by atoms with van der Waals surface area (Å²) in [5.74, 6) is -0.158. The second-order valence-electron chi connectivity index (χ2n) is 7.68. The number of urea groups is 1. The summed E-state index contributed by atoms with van der Waals surface area (Å²) in [4.78, 5) is 28.4. The lowest BCUT2D eigenvalue weighted by Crippen LogP contribution is -2.47. The molecule has 2 aliphatic rings. The monoisotopic (exact) mass is 359 g/mol. The number of amides is 3. The van der Waals surface area contributed by atoms with Gasteiger partial charge < -0.3 is 10.4 Å². The zero-order chi connectivity index (χ0) is 18.6. The quantitative estimate of drug-likeness (QED) is 0.763. The van der Waals surface area contributed by atoms with E-state index in [0.29, 0.717) is 25.9 Å². The van der Waals surface area contributed by atoms with E-state index < -0.39 is 11.6 Å². The molecule has 0 aromatic heterocycles. The molecule has 1 spiro atoms. The summed E-state index contributed by atoms with van der Waals surface area (Å²) in [6.45, 7) is 1.16. The zero-order valence-corrected chi connectivity index (χ0v) is 15.5. The second kappa shape index (κ2) is 8.18. The first-order chi connectivity index (χ1) is 12.5. The van der Waals surface area contributed by atoms with Crippen molar-refractivity contribution in [2.24, 2.45) is 0 Å². The van der Waals surface area contributed by atoms with Crippen molar-refractivity contribution in [2.75, 3.05) is 20.1 Å². The Hall–Kier alpha value is -1.92. The van der Waals surface area contributed by atoms with Crippen LogP contribution in [0.3, 0.4) is 0 Å². The molecule has 26 heavy (non-hydrogen) atoms. The number of β-amino-alcohol motifs (C(OH)–C–C–N with tert-alkyl or cyclic N) is 1. The first-order valence-corrected chi connectivity index (χ1v) is 9.55. The molecular formula is C20H29N3O3. The minimum atomic E-state index is -0.764. The van der Waals surface area contributed by atoms with E-state index in [1.807, 2.05) is 42.3 Å². The SMILES string of the molecule is CN(Cc1ccccc1)C[C@H](O)CN1C(=O)NC2(CCCCCC2)C1=O. The first-order valence-electron chi connectivity index (χ1n) is 9.55. The Morgan fingerprint density at radius 3 is 2.46 bits per heavy atom. The van der Waals surface area contributed by atoms with Crippen molar-refractivity contribution in [1.29, 1.82) is 0 Å². The summed E-state index contributed by atoms with van der Waals surface area (Å²) in [6.07, 6.45) is 4.79. The highest BCUT2D eigenvalue weighted by Gasteiger charge is 2.50. The maximum Gasteiger partial charge on any atom is 0.325 e. The molecule has 1 aliphatic carbocycles. The summed E-state index contributed by atoms with van der Waals surface area (Å²) in [5, 5.41) is 13.3. The van der Waals surface area contributed by atoms with E-state index in [4.69, 9.17) is 0 Å². The fraction of sp³-hybridized carbons (Fsp3) is 0.600. The third-order valence-corrected chi connectivity index (χ3v) is 5.41. The van der Waals surface area contributed by atoms with Gasteiger partial charge in [0.1, 0.15) is 5.54 Å². The average Bonchev–Trinajstić information content (AvgIpc) is 2.78. The highest BCUT2D eigenvalue weighted by molar-refractivity contribution is 6.07. The van der Waals surface area contributed by atoms with E-state index in [0.717, 1.165) is 31.2 Å². The normalized spacial score (nSPS) is 21.1. The third kappa shape index (κ3) is 4.24. The minimum Gasteiger partial charge on any atom is -0.390 e. The Morgan fingerprint density at radius 2 is 1.81 bits per heavy atom. The Balaban J connectivity index is 1.55. The van der Waals surface area contributed by atoms with Gasteiger partial charge >= 0.3 is 6.03 Å². The maximum absolute atomic E-state index is 12.9. The van der Waals surface area contributed by atoms with E-state index in [9.17, 15) is 14.7 Å². The predicted octanol–water partition coefficient (Wildman–Crippen LogP) is 2.12. The molecule has 1 heterocycles. The van der Waals surface area contributed by atoms with Crippen LogP contribution < -0.4 is 5.32 Å². The van der Waals surface area contributed by atoms with Gasteiger partial charge in [-0.2, -0.15) is 0 Å². The fourth-order valence-corrected chi connectivity index (χ4v) is 4.10. The fourth-order valence-electron chi connectivity index (χ4n) is 4.10. The smallest absolute Gasteiger partial charge is 0.325 e. The predicted molar refractivity (Wildman–Crippen MR) is 99.5 cm³/mol. The summed E-state index contributed by atoms with van der Waals surface area (Å²) in [5.41, 5.74) is 0.429. The third-order valence-electron chi connectivity index (χ3n) is 5.41.